The molecule has 2 fully saturated rings. The van der Waals surface area contributed by atoms with Gasteiger partial charge in [-0.25, -0.2) is 0 Å². The molecule has 10 heteroatoms. The summed E-state index contributed by atoms with van der Waals surface area (Å²) in [6, 6.07) is 14.5. The first kappa shape index (κ1) is 30.3. The average molecular weight is 529 g/mol. The zero-order valence-corrected chi connectivity index (χ0v) is 22.3. The van der Waals surface area contributed by atoms with Crippen LogP contribution in [0.5, 0.6) is 11.5 Å². The lowest BCUT2D eigenvalue weighted by Gasteiger charge is -2.28. The zero-order valence-electron chi connectivity index (χ0n) is 22.3. The number of hydrogen-bond donors (Lipinski definition) is 2. The van der Waals surface area contributed by atoms with Gasteiger partial charge in [0.1, 0.15) is 17.6 Å². The van der Waals surface area contributed by atoms with Gasteiger partial charge >= 0.3 is 5.97 Å². The molecule has 0 radical (unpaired) electrons. The summed E-state index contributed by atoms with van der Waals surface area (Å²) in [7, 11) is 3.17. The van der Waals surface area contributed by atoms with Crippen LogP contribution in [-0.2, 0) is 37.0 Å². The largest absolute Gasteiger partial charge is 0.497 e. The zero-order chi connectivity index (χ0) is 28.1. The molecule has 2 unspecified atom stereocenters. The quantitative estimate of drug-likeness (QED) is 0.414. The van der Waals surface area contributed by atoms with Crippen molar-refractivity contribution in [2.45, 2.75) is 64.8 Å². The molecule has 0 aliphatic carbocycles. The van der Waals surface area contributed by atoms with E-state index in [0.29, 0.717) is 19.4 Å². The molecule has 0 aromatic heterocycles. The molecule has 2 heterocycles. The van der Waals surface area contributed by atoms with E-state index in [-0.39, 0.29) is 37.2 Å². The minimum Gasteiger partial charge on any atom is -0.497 e. The van der Waals surface area contributed by atoms with Crippen LogP contribution in [0.3, 0.4) is 0 Å². The lowest BCUT2D eigenvalue weighted by atomic mass is 10.1. The van der Waals surface area contributed by atoms with Crippen LogP contribution in [0.25, 0.3) is 0 Å². The molecule has 2 aromatic carbocycles. The number of hydrogen-bond acceptors (Lipinski definition) is 8. The summed E-state index contributed by atoms with van der Waals surface area (Å²) in [5, 5.41) is 12.2. The first-order valence-electron chi connectivity index (χ1n) is 12.6. The van der Waals surface area contributed by atoms with Crippen molar-refractivity contribution in [2.24, 2.45) is 0 Å². The molecule has 2 N–H and O–H groups in total. The predicted octanol–water partition coefficient (Wildman–Crippen LogP) is 2.75. The van der Waals surface area contributed by atoms with Gasteiger partial charge in [-0.1, -0.05) is 38.1 Å². The highest BCUT2D eigenvalue weighted by atomic mass is 16.6. The summed E-state index contributed by atoms with van der Waals surface area (Å²) in [6.45, 7) is 4.61. The van der Waals surface area contributed by atoms with Crippen LogP contribution in [0.15, 0.2) is 48.5 Å². The standard InChI is InChI=1S/2C13H15NO4.C2H6/c1-17-10-4-2-9(3-5-10)8-14-13(16)11-6-7-12(15)18-11;1-18-10-4-2-9(3-5-10)8-14-12(16)7-6-11(15)13(14)17;1-2/h2-5,11H,6-8H2,1H3,(H,14,16);2-5,11,15H,6-8H2,1H3;1-2H3. The topological polar surface area (TPSA) is 131 Å². The summed E-state index contributed by atoms with van der Waals surface area (Å²) in [4.78, 5) is 47.0. The fourth-order valence-electron chi connectivity index (χ4n) is 3.66. The fraction of sp³-hybridized carbons (Fsp3) is 0.429. The van der Waals surface area contributed by atoms with E-state index in [1.165, 1.54) is 0 Å². The van der Waals surface area contributed by atoms with Gasteiger partial charge in [0.15, 0.2) is 6.10 Å². The molecule has 2 aliphatic heterocycles. The van der Waals surface area contributed by atoms with E-state index in [9.17, 15) is 24.3 Å². The van der Waals surface area contributed by atoms with E-state index in [1.54, 1.807) is 38.5 Å². The fourth-order valence-corrected chi connectivity index (χ4v) is 3.66. The number of nitrogens with one attached hydrogen (secondary N) is 1. The monoisotopic (exact) mass is 528 g/mol. The number of ether oxygens (including phenoxy) is 3. The number of aliphatic hydroxyl groups is 1. The van der Waals surface area contributed by atoms with Crippen LogP contribution in [0.1, 0.15) is 50.7 Å². The third kappa shape index (κ3) is 8.88. The molecular formula is C28H36N2O8. The smallest absolute Gasteiger partial charge is 0.306 e. The Morgan fingerprint density at radius 1 is 0.921 bits per heavy atom. The third-order valence-corrected chi connectivity index (χ3v) is 5.79. The second-order valence-electron chi connectivity index (χ2n) is 8.30. The Kier molecular flexibility index (Phi) is 12.2. The van der Waals surface area contributed by atoms with Crippen LogP contribution < -0.4 is 14.8 Å². The summed E-state index contributed by atoms with van der Waals surface area (Å²) < 4.78 is 15.0. The van der Waals surface area contributed by atoms with E-state index in [1.807, 2.05) is 38.1 Å². The van der Waals surface area contributed by atoms with Crippen LogP contribution >= 0.6 is 0 Å². The van der Waals surface area contributed by atoms with Gasteiger partial charge < -0.3 is 24.6 Å². The van der Waals surface area contributed by atoms with Crippen LogP contribution in [0.2, 0.25) is 0 Å². The molecule has 2 aromatic rings. The summed E-state index contributed by atoms with van der Waals surface area (Å²) in [6.07, 6.45) is -0.468. The molecule has 2 saturated heterocycles. The van der Waals surface area contributed by atoms with E-state index in [4.69, 9.17) is 14.2 Å². The van der Waals surface area contributed by atoms with E-state index in [0.717, 1.165) is 27.5 Å². The molecule has 0 saturated carbocycles. The van der Waals surface area contributed by atoms with Crippen LogP contribution in [0.4, 0.5) is 0 Å². The molecule has 2 atom stereocenters. The molecule has 3 amide bonds. The number of amides is 3. The van der Waals surface area contributed by atoms with Gasteiger partial charge in [0.05, 0.1) is 20.8 Å². The summed E-state index contributed by atoms with van der Waals surface area (Å²) >= 11 is 0. The number of methoxy groups -OCH3 is 2. The second kappa shape index (κ2) is 15.4. The maximum atomic E-state index is 11.7. The molecule has 4 rings (SSSR count). The van der Waals surface area contributed by atoms with Crippen LogP contribution in [0, 0.1) is 0 Å². The lowest BCUT2D eigenvalue weighted by molar-refractivity contribution is -0.156. The van der Waals surface area contributed by atoms with Crippen molar-refractivity contribution >= 4 is 23.7 Å². The van der Waals surface area contributed by atoms with Crippen molar-refractivity contribution in [1.82, 2.24) is 10.2 Å². The predicted molar refractivity (Wildman–Crippen MR) is 139 cm³/mol. The number of nitrogens with zero attached hydrogens (tertiary/aromatic N) is 1. The number of carbonyl (C=O) groups is 4. The van der Waals surface area contributed by atoms with Gasteiger partial charge in [0.2, 0.25) is 5.91 Å². The van der Waals surface area contributed by atoms with Crippen molar-refractivity contribution in [3.8, 4) is 11.5 Å². The number of aliphatic hydroxyl groups excluding tert-OH is 1. The van der Waals surface area contributed by atoms with Gasteiger partial charge in [-0.15, -0.1) is 0 Å². The molecule has 2 aliphatic rings. The summed E-state index contributed by atoms with van der Waals surface area (Å²) in [5.41, 5.74) is 1.79. The van der Waals surface area contributed by atoms with Crippen molar-refractivity contribution in [1.29, 1.82) is 0 Å². The van der Waals surface area contributed by atoms with Gasteiger partial charge in [-0.2, -0.15) is 0 Å². The Morgan fingerprint density at radius 3 is 1.97 bits per heavy atom. The maximum Gasteiger partial charge on any atom is 0.306 e. The highest BCUT2D eigenvalue weighted by molar-refractivity contribution is 5.99. The Bertz CT molecular complexity index is 1070. The second-order valence-corrected chi connectivity index (χ2v) is 8.30. The van der Waals surface area contributed by atoms with Gasteiger partial charge in [0.25, 0.3) is 11.8 Å². The molecular weight excluding hydrogens is 492 g/mol. The van der Waals surface area contributed by atoms with Gasteiger partial charge in [-0.05, 0) is 41.8 Å². The number of likely N-dealkylation sites (tertiary alicyclic amines) is 1. The number of carbonyl (C=O) groups excluding carboxylic acids is 4. The Balaban J connectivity index is 0.000000251. The first-order valence-corrected chi connectivity index (χ1v) is 12.6. The highest BCUT2D eigenvalue weighted by Gasteiger charge is 2.33. The average Bonchev–Trinajstić information content (AvgIpc) is 3.40. The number of cyclic esters (lactones) is 1. The lowest BCUT2D eigenvalue weighted by Crippen LogP contribution is -2.47. The molecule has 0 bridgehead atoms. The van der Waals surface area contributed by atoms with Crippen LogP contribution in [-0.4, -0.2) is 60.1 Å². The van der Waals surface area contributed by atoms with E-state index >= 15 is 0 Å². The third-order valence-electron chi connectivity index (χ3n) is 5.79. The Morgan fingerprint density at radius 2 is 1.47 bits per heavy atom. The maximum absolute atomic E-state index is 11.7. The minimum absolute atomic E-state index is 0.193. The molecule has 38 heavy (non-hydrogen) atoms. The summed E-state index contributed by atoms with van der Waals surface area (Å²) in [5.74, 6) is 0.198. The first-order chi connectivity index (χ1) is 18.3. The molecule has 206 valence electrons. The van der Waals surface area contributed by atoms with Crippen molar-refractivity contribution < 1.29 is 38.5 Å². The normalized spacial score (nSPS) is 18.3. The minimum atomic E-state index is -1.05. The highest BCUT2D eigenvalue weighted by Crippen LogP contribution is 2.18. The van der Waals surface area contributed by atoms with E-state index < -0.39 is 18.1 Å². The Hall–Kier alpha value is -3.92. The number of imide groups is 1. The number of piperidine rings is 1. The number of benzene rings is 2. The van der Waals surface area contributed by atoms with Crippen molar-refractivity contribution in [3.63, 3.8) is 0 Å². The van der Waals surface area contributed by atoms with Gasteiger partial charge in [-0.3, -0.25) is 24.1 Å². The van der Waals surface area contributed by atoms with E-state index in [2.05, 4.69) is 5.32 Å². The molecule has 0 spiro atoms. The van der Waals surface area contributed by atoms with Crippen molar-refractivity contribution in [3.05, 3.63) is 59.7 Å². The number of rotatable bonds is 7. The number of esters is 1. The van der Waals surface area contributed by atoms with Gasteiger partial charge in [0, 0.05) is 25.8 Å². The van der Waals surface area contributed by atoms with Crippen molar-refractivity contribution in [2.75, 3.05) is 14.2 Å². The molecule has 10 nitrogen and oxygen atoms in total. The SMILES string of the molecule is CC.COc1ccc(CN2C(=O)CCC(O)C2=O)cc1.COc1ccc(CNC(=O)C2CCC(=O)O2)cc1. The Labute approximate surface area is 222 Å².